The summed E-state index contributed by atoms with van der Waals surface area (Å²) in [4.78, 5) is 23.9. The smallest absolute Gasteiger partial charge is 0.340 e. The van der Waals surface area contributed by atoms with Gasteiger partial charge in [0.15, 0.2) is 6.29 Å². The minimum atomic E-state index is -0.447. The van der Waals surface area contributed by atoms with Crippen LogP contribution in [0.3, 0.4) is 0 Å². The molecule has 0 aliphatic rings. The fraction of sp³-hybridized carbons (Fsp3) is 0.368. The minimum Gasteiger partial charge on any atom is -0.465 e. The van der Waals surface area contributed by atoms with Crippen molar-refractivity contribution in [1.82, 2.24) is 4.57 Å². The fourth-order valence-corrected chi connectivity index (χ4v) is 3.08. The van der Waals surface area contributed by atoms with Crippen LogP contribution in [0, 0.1) is 0 Å². The van der Waals surface area contributed by atoms with Crippen LogP contribution in [-0.4, -0.2) is 23.9 Å². The van der Waals surface area contributed by atoms with E-state index in [4.69, 9.17) is 4.74 Å². The molecule has 0 saturated carbocycles. The van der Waals surface area contributed by atoms with E-state index in [2.05, 4.69) is 4.57 Å². The van der Waals surface area contributed by atoms with Gasteiger partial charge in [-0.25, -0.2) is 4.79 Å². The predicted molar refractivity (Wildman–Crippen MR) is 90.2 cm³/mol. The first-order valence-electron chi connectivity index (χ1n) is 7.87. The third-order valence-corrected chi connectivity index (χ3v) is 4.03. The third kappa shape index (κ3) is 3.21. The number of hydrogen-bond donors (Lipinski definition) is 0. The standard InChI is InChI=1S/C19H23NO3/c1-5-16-15(12-21)17(19(22)23-4)18(13(2)3)20(16)11-14-9-7-6-8-10-14/h6-10,12-13H,5,11H2,1-4H3. The number of ether oxygens (including phenoxy) is 1. The summed E-state index contributed by atoms with van der Waals surface area (Å²) in [6, 6.07) is 10.0. The summed E-state index contributed by atoms with van der Waals surface area (Å²) in [5.41, 5.74) is 3.74. The second kappa shape index (κ2) is 7.27. The van der Waals surface area contributed by atoms with Crippen LogP contribution in [0.5, 0.6) is 0 Å². The monoisotopic (exact) mass is 313 g/mol. The average Bonchev–Trinajstić information content (AvgIpc) is 2.88. The van der Waals surface area contributed by atoms with Gasteiger partial charge in [0, 0.05) is 17.9 Å². The Morgan fingerprint density at radius 3 is 2.39 bits per heavy atom. The van der Waals surface area contributed by atoms with E-state index in [9.17, 15) is 9.59 Å². The molecule has 0 radical (unpaired) electrons. The van der Waals surface area contributed by atoms with Gasteiger partial charge in [-0.2, -0.15) is 0 Å². The molecule has 0 fully saturated rings. The molecule has 23 heavy (non-hydrogen) atoms. The molecule has 0 unspecified atom stereocenters. The summed E-state index contributed by atoms with van der Waals surface area (Å²) in [7, 11) is 1.35. The number of methoxy groups -OCH3 is 1. The van der Waals surface area contributed by atoms with Gasteiger partial charge in [-0.3, -0.25) is 4.79 Å². The molecule has 122 valence electrons. The van der Waals surface area contributed by atoms with E-state index in [-0.39, 0.29) is 5.92 Å². The highest BCUT2D eigenvalue weighted by Crippen LogP contribution is 2.30. The van der Waals surface area contributed by atoms with Crippen molar-refractivity contribution in [1.29, 1.82) is 0 Å². The normalized spacial score (nSPS) is 10.8. The van der Waals surface area contributed by atoms with Crippen LogP contribution in [0.2, 0.25) is 0 Å². The second-order valence-electron chi connectivity index (χ2n) is 5.81. The Morgan fingerprint density at radius 1 is 1.26 bits per heavy atom. The van der Waals surface area contributed by atoms with Crippen LogP contribution in [-0.2, 0) is 17.7 Å². The zero-order valence-electron chi connectivity index (χ0n) is 14.1. The molecule has 1 aromatic heterocycles. The van der Waals surface area contributed by atoms with E-state index >= 15 is 0 Å². The quantitative estimate of drug-likeness (QED) is 0.601. The molecule has 2 rings (SSSR count). The first-order chi connectivity index (χ1) is 11.0. The molecule has 0 amide bonds. The van der Waals surface area contributed by atoms with Crippen LogP contribution in [0.15, 0.2) is 30.3 Å². The Balaban J connectivity index is 2.70. The number of rotatable bonds is 6. The van der Waals surface area contributed by atoms with E-state index in [1.807, 2.05) is 51.1 Å². The Hall–Kier alpha value is -2.36. The first-order valence-corrected chi connectivity index (χ1v) is 7.87. The summed E-state index contributed by atoms with van der Waals surface area (Å²) in [6.45, 7) is 6.68. The Morgan fingerprint density at radius 2 is 1.91 bits per heavy atom. The van der Waals surface area contributed by atoms with Gasteiger partial charge in [0.05, 0.1) is 18.2 Å². The molecule has 0 aliphatic carbocycles. The topological polar surface area (TPSA) is 48.3 Å². The molecular weight excluding hydrogens is 290 g/mol. The van der Waals surface area contributed by atoms with Crippen molar-refractivity contribution in [2.75, 3.05) is 7.11 Å². The summed E-state index contributed by atoms with van der Waals surface area (Å²) in [5, 5.41) is 0. The lowest BCUT2D eigenvalue weighted by molar-refractivity contribution is 0.0596. The largest absolute Gasteiger partial charge is 0.465 e. The molecular formula is C19H23NO3. The highest BCUT2D eigenvalue weighted by Gasteiger charge is 2.28. The van der Waals surface area contributed by atoms with Gasteiger partial charge in [0.25, 0.3) is 0 Å². The number of benzene rings is 1. The Bertz CT molecular complexity index is 699. The number of hydrogen-bond acceptors (Lipinski definition) is 3. The molecule has 0 bridgehead atoms. The Labute approximate surface area is 137 Å². The maximum atomic E-state index is 12.3. The average molecular weight is 313 g/mol. The number of nitrogens with zero attached hydrogens (tertiary/aromatic N) is 1. The van der Waals surface area contributed by atoms with Crippen LogP contribution in [0.4, 0.5) is 0 Å². The van der Waals surface area contributed by atoms with Gasteiger partial charge < -0.3 is 9.30 Å². The summed E-state index contributed by atoms with van der Waals surface area (Å²) in [5.74, 6) is -0.343. The summed E-state index contributed by atoms with van der Waals surface area (Å²) < 4.78 is 7.01. The lowest BCUT2D eigenvalue weighted by atomic mass is 10.0. The van der Waals surface area contributed by atoms with Crippen molar-refractivity contribution in [3.05, 3.63) is 58.4 Å². The van der Waals surface area contributed by atoms with Gasteiger partial charge in [0.1, 0.15) is 0 Å². The van der Waals surface area contributed by atoms with Crippen molar-refractivity contribution in [2.45, 2.75) is 39.7 Å². The number of aldehydes is 1. The van der Waals surface area contributed by atoms with Crippen molar-refractivity contribution >= 4 is 12.3 Å². The minimum absolute atomic E-state index is 0.104. The zero-order chi connectivity index (χ0) is 17.0. The Kier molecular flexibility index (Phi) is 5.37. The SMILES string of the molecule is CCc1c(C=O)c(C(=O)OC)c(C(C)C)n1Cc1ccccc1. The van der Waals surface area contributed by atoms with Crippen LogP contribution >= 0.6 is 0 Å². The van der Waals surface area contributed by atoms with Gasteiger partial charge >= 0.3 is 5.97 Å². The lowest BCUT2D eigenvalue weighted by Gasteiger charge is -2.16. The van der Waals surface area contributed by atoms with E-state index < -0.39 is 5.97 Å². The van der Waals surface area contributed by atoms with Crippen LogP contribution in [0.25, 0.3) is 0 Å². The van der Waals surface area contributed by atoms with E-state index in [1.165, 1.54) is 7.11 Å². The predicted octanol–water partition coefficient (Wildman–Crippen LogP) is 3.82. The van der Waals surface area contributed by atoms with Gasteiger partial charge in [-0.15, -0.1) is 0 Å². The molecule has 2 aromatic rings. The summed E-state index contributed by atoms with van der Waals surface area (Å²) >= 11 is 0. The van der Waals surface area contributed by atoms with Crippen molar-refractivity contribution in [2.24, 2.45) is 0 Å². The van der Waals surface area contributed by atoms with E-state index in [0.29, 0.717) is 24.1 Å². The van der Waals surface area contributed by atoms with Crippen LogP contribution < -0.4 is 0 Å². The maximum Gasteiger partial charge on any atom is 0.340 e. The molecule has 1 aromatic carbocycles. The molecule has 0 spiro atoms. The lowest BCUT2D eigenvalue weighted by Crippen LogP contribution is -2.12. The first kappa shape index (κ1) is 17.0. The van der Waals surface area contributed by atoms with E-state index in [1.54, 1.807) is 0 Å². The molecule has 1 heterocycles. The van der Waals surface area contributed by atoms with Gasteiger partial charge in [-0.05, 0) is 17.9 Å². The molecule has 0 atom stereocenters. The fourth-order valence-electron chi connectivity index (χ4n) is 3.08. The highest BCUT2D eigenvalue weighted by molar-refractivity contribution is 6.00. The van der Waals surface area contributed by atoms with E-state index in [0.717, 1.165) is 23.2 Å². The number of carbonyl (C=O) groups is 2. The maximum absolute atomic E-state index is 12.3. The molecule has 4 nitrogen and oxygen atoms in total. The molecule has 0 saturated heterocycles. The number of aromatic nitrogens is 1. The number of esters is 1. The van der Waals surface area contributed by atoms with Crippen LogP contribution in [0.1, 0.15) is 64.4 Å². The summed E-state index contributed by atoms with van der Waals surface area (Å²) in [6.07, 6.45) is 1.45. The third-order valence-electron chi connectivity index (χ3n) is 4.03. The van der Waals surface area contributed by atoms with Crippen molar-refractivity contribution in [3.8, 4) is 0 Å². The molecule has 4 heteroatoms. The van der Waals surface area contributed by atoms with Crippen molar-refractivity contribution < 1.29 is 14.3 Å². The second-order valence-corrected chi connectivity index (χ2v) is 5.81. The number of carbonyl (C=O) groups excluding carboxylic acids is 2. The molecule has 0 N–H and O–H groups in total. The van der Waals surface area contributed by atoms with Gasteiger partial charge in [0.2, 0.25) is 0 Å². The highest BCUT2D eigenvalue weighted by atomic mass is 16.5. The van der Waals surface area contributed by atoms with Gasteiger partial charge in [-0.1, -0.05) is 51.1 Å². The van der Waals surface area contributed by atoms with Crippen molar-refractivity contribution in [3.63, 3.8) is 0 Å². The zero-order valence-corrected chi connectivity index (χ0v) is 14.1. The molecule has 0 aliphatic heterocycles.